The van der Waals surface area contributed by atoms with Crippen molar-refractivity contribution in [1.29, 1.82) is 0 Å². The predicted molar refractivity (Wildman–Crippen MR) is 65.6 cm³/mol. The highest BCUT2D eigenvalue weighted by Gasteiger charge is 2.20. The summed E-state index contributed by atoms with van der Waals surface area (Å²) in [7, 11) is 0. The van der Waals surface area contributed by atoms with Crippen molar-refractivity contribution in [3.63, 3.8) is 0 Å². The number of hydrogen-bond acceptors (Lipinski definition) is 4. The van der Waals surface area contributed by atoms with Crippen molar-refractivity contribution in [2.24, 2.45) is 5.73 Å². The number of carboxylic acids is 1. The fourth-order valence-electron chi connectivity index (χ4n) is 1.34. The summed E-state index contributed by atoms with van der Waals surface area (Å²) in [6.07, 6.45) is 2.08. The van der Waals surface area contributed by atoms with Gasteiger partial charge in [-0.1, -0.05) is 6.92 Å². The molecule has 0 aliphatic rings. The average Bonchev–Trinajstić information content (AvgIpc) is 2.26. The molecule has 5 N–H and O–H groups in total. The lowest BCUT2D eigenvalue weighted by Crippen LogP contribution is -2.47. The predicted octanol–water partition coefficient (Wildman–Crippen LogP) is -0.317. The molecule has 17 heavy (non-hydrogen) atoms. The van der Waals surface area contributed by atoms with Crippen molar-refractivity contribution in [3.05, 3.63) is 0 Å². The Balaban J connectivity index is 3.91. The number of carboxylic acid groups (broad SMARTS) is 1. The quantitative estimate of drug-likeness (QED) is 0.417. The molecule has 100 valence electrons. The van der Waals surface area contributed by atoms with Crippen molar-refractivity contribution < 1.29 is 14.7 Å². The molecule has 6 nitrogen and oxygen atoms in total. The number of nitrogens with two attached hydrogens (primary N) is 1. The molecule has 0 bridgehead atoms. The second kappa shape index (κ2) is 8.95. The minimum atomic E-state index is -1.01. The Morgan fingerprint density at radius 3 is 2.47 bits per heavy atom. The zero-order valence-corrected chi connectivity index (χ0v) is 10.5. The molecule has 2 unspecified atom stereocenters. The lowest BCUT2D eigenvalue weighted by atomic mass is 10.1. The van der Waals surface area contributed by atoms with Crippen molar-refractivity contribution in [3.8, 4) is 0 Å². The summed E-state index contributed by atoms with van der Waals surface area (Å²) in [5.74, 6) is -1.44. The third kappa shape index (κ3) is 7.70. The Morgan fingerprint density at radius 2 is 2.00 bits per heavy atom. The van der Waals surface area contributed by atoms with Crippen LogP contribution in [0, 0.1) is 0 Å². The minimum absolute atomic E-state index is 0.427. The Labute approximate surface area is 102 Å². The van der Waals surface area contributed by atoms with E-state index in [9.17, 15) is 9.59 Å². The van der Waals surface area contributed by atoms with E-state index < -0.39 is 24.0 Å². The van der Waals surface area contributed by atoms with E-state index in [2.05, 4.69) is 10.6 Å². The van der Waals surface area contributed by atoms with Crippen LogP contribution in [0.3, 0.4) is 0 Å². The van der Waals surface area contributed by atoms with Gasteiger partial charge in [0.05, 0.1) is 6.04 Å². The lowest BCUT2D eigenvalue weighted by molar-refractivity contribution is -0.142. The second-order valence-corrected chi connectivity index (χ2v) is 4.04. The number of rotatable bonds is 9. The minimum Gasteiger partial charge on any atom is -0.480 e. The maximum absolute atomic E-state index is 11.3. The standard InChI is InChI=1S/C11H23N3O3/c1-3-13-7-5-4-6-9(11(16)17)14-10(15)8(2)12/h8-9,13H,3-7,12H2,1-2H3,(H,14,15)(H,16,17). The van der Waals surface area contributed by atoms with Gasteiger partial charge in [-0.05, 0) is 39.3 Å². The number of carbonyl (C=O) groups excluding carboxylic acids is 1. The monoisotopic (exact) mass is 245 g/mol. The van der Waals surface area contributed by atoms with Crippen molar-refractivity contribution >= 4 is 11.9 Å². The van der Waals surface area contributed by atoms with Crippen LogP contribution in [0.4, 0.5) is 0 Å². The van der Waals surface area contributed by atoms with Crippen LogP contribution in [0.5, 0.6) is 0 Å². The van der Waals surface area contributed by atoms with Crippen LogP contribution in [-0.2, 0) is 9.59 Å². The smallest absolute Gasteiger partial charge is 0.326 e. The number of carbonyl (C=O) groups is 2. The highest BCUT2D eigenvalue weighted by Crippen LogP contribution is 2.01. The van der Waals surface area contributed by atoms with Gasteiger partial charge in [-0.25, -0.2) is 4.79 Å². The zero-order valence-electron chi connectivity index (χ0n) is 10.5. The molecule has 6 heteroatoms. The van der Waals surface area contributed by atoms with Crippen LogP contribution in [-0.4, -0.2) is 42.2 Å². The Hall–Kier alpha value is -1.14. The van der Waals surface area contributed by atoms with E-state index in [4.69, 9.17) is 10.8 Å². The summed E-state index contributed by atoms with van der Waals surface area (Å²) in [4.78, 5) is 22.2. The van der Waals surface area contributed by atoms with Gasteiger partial charge in [0.25, 0.3) is 0 Å². The fourth-order valence-corrected chi connectivity index (χ4v) is 1.34. The molecular weight excluding hydrogens is 222 g/mol. The molecule has 2 atom stereocenters. The fraction of sp³-hybridized carbons (Fsp3) is 0.818. The van der Waals surface area contributed by atoms with Crippen LogP contribution >= 0.6 is 0 Å². The van der Waals surface area contributed by atoms with E-state index >= 15 is 0 Å². The molecule has 0 aromatic carbocycles. The first kappa shape index (κ1) is 15.9. The molecule has 0 spiro atoms. The first-order valence-electron chi connectivity index (χ1n) is 5.98. The van der Waals surface area contributed by atoms with E-state index in [1.54, 1.807) is 0 Å². The van der Waals surface area contributed by atoms with Crippen LogP contribution < -0.4 is 16.4 Å². The van der Waals surface area contributed by atoms with E-state index in [-0.39, 0.29) is 0 Å². The second-order valence-electron chi connectivity index (χ2n) is 4.04. The van der Waals surface area contributed by atoms with Gasteiger partial charge < -0.3 is 21.5 Å². The molecule has 0 heterocycles. The van der Waals surface area contributed by atoms with Crippen molar-refractivity contribution in [2.45, 2.75) is 45.2 Å². The Kier molecular flexibility index (Phi) is 8.35. The van der Waals surface area contributed by atoms with Gasteiger partial charge in [0, 0.05) is 0 Å². The highest BCUT2D eigenvalue weighted by molar-refractivity contribution is 5.86. The van der Waals surface area contributed by atoms with Gasteiger partial charge in [-0.2, -0.15) is 0 Å². The number of aliphatic carboxylic acids is 1. The number of nitrogens with one attached hydrogen (secondary N) is 2. The molecule has 1 amide bonds. The number of amides is 1. The van der Waals surface area contributed by atoms with Gasteiger partial charge in [0.15, 0.2) is 0 Å². The molecule has 0 saturated heterocycles. The van der Waals surface area contributed by atoms with E-state index in [0.717, 1.165) is 25.9 Å². The third-order valence-corrected chi connectivity index (χ3v) is 2.37. The maximum atomic E-state index is 11.3. The largest absolute Gasteiger partial charge is 0.480 e. The van der Waals surface area contributed by atoms with E-state index in [1.165, 1.54) is 6.92 Å². The molecule has 0 aliphatic heterocycles. The summed E-state index contributed by atoms with van der Waals surface area (Å²) in [6.45, 7) is 5.32. The van der Waals surface area contributed by atoms with Crippen molar-refractivity contribution in [2.75, 3.05) is 13.1 Å². The lowest BCUT2D eigenvalue weighted by Gasteiger charge is -2.15. The normalized spacial score (nSPS) is 14.1. The first-order chi connectivity index (χ1) is 7.99. The van der Waals surface area contributed by atoms with Crippen molar-refractivity contribution in [1.82, 2.24) is 10.6 Å². The summed E-state index contributed by atoms with van der Waals surface area (Å²) in [5, 5.41) is 14.5. The molecular formula is C11H23N3O3. The molecule has 0 fully saturated rings. The first-order valence-corrected chi connectivity index (χ1v) is 5.98. The van der Waals surface area contributed by atoms with Crippen LogP contribution in [0.2, 0.25) is 0 Å². The van der Waals surface area contributed by atoms with E-state index in [1.807, 2.05) is 6.92 Å². The van der Waals surface area contributed by atoms with Crippen LogP contribution in [0.25, 0.3) is 0 Å². The average molecular weight is 245 g/mol. The van der Waals surface area contributed by atoms with Gasteiger partial charge in [-0.15, -0.1) is 0 Å². The van der Waals surface area contributed by atoms with Gasteiger partial charge in [-0.3, -0.25) is 4.79 Å². The molecule has 0 aliphatic carbocycles. The molecule has 0 aromatic heterocycles. The molecule has 0 rings (SSSR count). The number of hydrogen-bond donors (Lipinski definition) is 4. The summed E-state index contributed by atoms with van der Waals surface area (Å²) in [6, 6.07) is -1.52. The summed E-state index contributed by atoms with van der Waals surface area (Å²) in [5.41, 5.74) is 5.36. The van der Waals surface area contributed by atoms with E-state index in [0.29, 0.717) is 6.42 Å². The molecule has 0 radical (unpaired) electrons. The van der Waals surface area contributed by atoms with Gasteiger partial charge in [0.2, 0.25) is 5.91 Å². The third-order valence-electron chi connectivity index (χ3n) is 2.37. The summed E-state index contributed by atoms with van der Waals surface area (Å²) >= 11 is 0. The Morgan fingerprint density at radius 1 is 1.35 bits per heavy atom. The highest BCUT2D eigenvalue weighted by atomic mass is 16.4. The Bertz CT molecular complexity index is 244. The van der Waals surface area contributed by atoms with Gasteiger partial charge in [0.1, 0.15) is 6.04 Å². The molecule has 0 aromatic rings. The van der Waals surface area contributed by atoms with Gasteiger partial charge >= 0.3 is 5.97 Å². The van der Waals surface area contributed by atoms with Crippen LogP contribution in [0.1, 0.15) is 33.1 Å². The molecule has 0 saturated carbocycles. The SMILES string of the molecule is CCNCCCCC(NC(=O)C(C)N)C(=O)O. The maximum Gasteiger partial charge on any atom is 0.326 e. The zero-order chi connectivity index (χ0) is 13.3. The topological polar surface area (TPSA) is 104 Å². The van der Waals surface area contributed by atoms with Crippen LogP contribution in [0.15, 0.2) is 0 Å². The number of unbranched alkanes of at least 4 members (excludes halogenated alkanes) is 1. The summed E-state index contributed by atoms with van der Waals surface area (Å²) < 4.78 is 0.